The fraction of sp³-hybridized carbons (Fsp3) is 0.412. The summed E-state index contributed by atoms with van der Waals surface area (Å²) in [4.78, 5) is 32.6. The highest BCUT2D eigenvalue weighted by Crippen LogP contribution is 2.19. The zero-order valence-electron chi connectivity index (χ0n) is 14.6. The van der Waals surface area contributed by atoms with Crippen molar-refractivity contribution in [3.05, 3.63) is 46.1 Å². The van der Waals surface area contributed by atoms with Gasteiger partial charge in [-0.3, -0.25) is 14.6 Å². The minimum absolute atomic E-state index is 0.171. The molecule has 3 rings (SSSR count). The Morgan fingerprint density at radius 1 is 1.23 bits per heavy atom. The maximum atomic E-state index is 12.7. The molecule has 1 aliphatic rings. The number of carbonyl (C=O) groups excluding carboxylic acids is 2. The van der Waals surface area contributed by atoms with E-state index in [1.54, 1.807) is 36.0 Å². The van der Waals surface area contributed by atoms with Crippen molar-refractivity contribution in [2.75, 3.05) is 33.3 Å². The lowest BCUT2D eigenvalue weighted by Gasteiger charge is -2.34. The zero-order valence-corrected chi connectivity index (χ0v) is 15.3. The molecule has 1 saturated heterocycles. The number of pyridine rings is 1. The van der Waals surface area contributed by atoms with Crippen LogP contribution in [-0.4, -0.2) is 65.0 Å². The van der Waals surface area contributed by atoms with Crippen LogP contribution in [0.4, 0.5) is 0 Å². The molecule has 1 fully saturated rings. The standard InChI is InChI=1S/C17H19ClN4O4/c1-11-13(18)3-4-19-15(11)17(24)22-7-5-21(6-8-22)16(23)14-9-12(10-25-2)20-26-14/h3-4,9H,5-8,10H2,1-2H3. The van der Waals surface area contributed by atoms with Gasteiger partial charge in [-0.15, -0.1) is 0 Å². The van der Waals surface area contributed by atoms with Gasteiger partial charge in [0, 0.05) is 50.6 Å². The van der Waals surface area contributed by atoms with Crippen molar-refractivity contribution in [2.24, 2.45) is 0 Å². The average Bonchev–Trinajstić information content (AvgIpc) is 3.12. The van der Waals surface area contributed by atoms with Crippen LogP contribution < -0.4 is 0 Å². The number of carbonyl (C=O) groups is 2. The molecule has 0 aliphatic carbocycles. The first-order valence-corrected chi connectivity index (χ1v) is 8.53. The number of ether oxygens (including phenoxy) is 1. The van der Waals surface area contributed by atoms with E-state index >= 15 is 0 Å². The Morgan fingerprint density at radius 2 is 1.88 bits per heavy atom. The number of methoxy groups -OCH3 is 1. The number of hydrogen-bond donors (Lipinski definition) is 0. The van der Waals surface area contributed by atoms with E-state index < -0.39 is 0 Å². The van der Waals surface area contributed by atoms with Crippen LogP contribution in [-0.2, 0) is 11.3 Å². The van der Waals surface area contributed by atoms with E-state index in [0.717, 1.165) is 0 Å². The van der Waals surface area contributed by atoms with Crippen LogP contribution in [0.1, 0.15) is 32.3 Å². The molecule has 0 saturated carbocycles. The van der Waals surface area contributed by atoms with Crippen molar-refractivity contribution in [1.29, 1.82) is 0 Å². The smallest absolute Gasteiger partial charge is 0.292 e. The topological polar surface area (TPSA) is 88.8 Å². The largest absolute Gasteiger partial charge is 0.378 e. The van der Waals surface area contributed by atoms with E-state index in [1.807, 2.05) is 0 Å². The summed E-state index contributed by atoms with van der Waals surface area (Å²) in [5, 5.41) is 4.30. The lowest BCUT2D eigenvalue weighted by molar-refractivity contribution is 0.0509. The number of piperazine rings is 1. The van der Waals surface area contributed by atoms with Gasteiger partial charge < -0.3 is 19.1 Å². The van der Waals surface area contributed by atoms with Crippen molar-refractivity contribution in [3.8, 4) is 0 Å². The monoisotopic (exact) mass is 378 g/mol. The van der Waals surface area contributed by atoms with Gasteiger partial charge in [-0.1, -0.05) is 16.8 Å². The molecule has 2 aromatic rings. The van der Waals surface area contributed by atoms with E-state index in [4.69, 9.17) is 20.9 Å². The van der Waals surface area contributed by atoms with Gasteiger partial charge >= 0.3 is 0 Å². The number of rotatable bonds is 4. The lowest BCUT2D eigenvalue weighted by atomic mass is 10.2. The molecule has 8 nitrogen and oxygen atoms in total. The van der Waals surface area contributed by atoms with E-state index in [1.165, 1.54) is 6.20 Å². The highest BCUT2D eigenvalue weighted by molar-refractivity contribution is 6.31. The zero-order chi connectivity index (χ0) is 18.7. The van der Waals surface area contributed by atoms with Crippen LogP contribution in [0, 0.1) is 6.92 Å². The van der Waals surface area contributed by atoms with Gasteiger partial charge in [-0.25, -0.2) is 0 Å². The Hall–Kier alpha value is -2.45. The minimum Gasteiger partial charge on any atom is -0.378 e. The highest BCUT2D eigenvalue weighted by Gasteiger charge is 2.28. The minimum atomic E-state index is -0.246. The molecule has 2 aromatic heterocycles. The first-order chi connectivity index (χ1) is 12.5. The maximum absolute atomic E-state index is 12.7. The normalized spacial score (nSPS) is 14.6. The van der Waals surface area contributed by atoms with Crippen molar-refractivity contribution in [2.45, 2.75) is 13.5 Å². The van der Waals surface area contributed by atoms with Crippen molar-refractivity contribution >= 4 is 23.4 Å². The quantitative estimate of drug-likeness (QED) is 0.805. The van der Waals surface area contributed by atoms with Crippen LogP contribution in [0.5, 0.6) is 0 Å². The summed E-state index contributed by atoms with van der Waals surface area (Å²) in [6.45, 7) is 3.69. The fourth-order valence-corrected chi connectivity index (χ4v) is 2.92. The van der Waals surface area contributed by atoms with Crippen LogP contribution in [0.25, 0.3) is 0 Å². The van der Waals surface area contributed by atoms with Crippen molar-refractivity contribution < 1.29 is 18.8 Å². The molecule has 3 heterocycles. The summed E-state index contributed by atoms with van der Waals surface area (Å²) in [5.74, 6) is -0.257. The van der Waals surface area contributed by atoms with E-state index in [0.29, 0.717) is 48.2 Å². The Kier molecular flexibility index (Phi) is 5.53. The second kappa shape index (κ2) is 7.84. The molecule has 0 atom stereocenters. The third-order valence-electron chi connectivity index (χ3n) is 4.26. The molecule has 0 spiro atoms. The molecule has 26 heavy (non-hydrogen) atoms. The van der Waals surface area contributed by atoms with Gasteiger partial charge in [0.15, 0.2) is 0 Å². The first kappa shape index (κ1) is 18.3. The molecule has 9 heteroatoms. The molecule has 138 valence electrons. The van der Waals surface area contributed by atoms with Gasteiger partial charge in [-0.2, -0.15) is 0 Å². The summed E-state index contributed by atoms with van der Waals surface area (Å²) >= 11 is 6.06. The summed E-state index contributed by atoms with van der Waals surface area (Å²) < 4.78 is 10.0. The molecule has 0 N–H and O–H groups in total. The summed E-state index contributed by atoms with van der Waals surface area (Å²) in [7, 11) is 1.54. The molecule has 2 amide bonds. The lowest BCUT2D eigenvalue weighted by Crippen LogP contribution is -2.50. The molecule has 0 radical (unpaired) electrons. The summed E-state index contributed by atoms with van der Waals surface area (Å²) in [5.41, 5.74) is 1.56. The second-order valence-corrected chi connectivity index (χ2v) is 6.37. The number of amides is 2. The number of hydrogen-bond acceptors (Lipinski definition) is 6. The molecular weight excluding hydrogens is 360 g/mol. The van der Waals surface area contributed by atoms with Crippen LogP contribution >= 0.6 is 11.6 Å². The van der Waals surface area contributed by atoms with Gasteiger partial charge in [0.25, 0.3) is 11.8 Å². The molecule has 0 bridgehead atoms. The first-order valence-electron chi connectivity index (χ1n) is 8.15. The van der Waals surface area contributed by atoms with Crippen LogP contribution in [0.3, 0.4) is 0 Å². The Balaban J connectivity index is 1.62. The van der Waals surface area contributed by atoms with Gasteiger partial charge in [0.1, 0.15) is 11.4 Å². The Bertz CT molecular complexity index is 815. The average molecular weight is 379 g/mol. The summed E-state index contributed by atoms with van der Waals surface area (Å²) in [6.07, 6.45) is 1.52. The Labute approximate surface area is 155 Å². The predicted molar refractivity (Wildman–Crippen MR) is 93.0 cm³/mol. The Morgan fingerprint density at radius 3 is 2.54 bits per heavy atom. The van der Waals surface area contributed by atoms with Crippen LogP contribution in [0.15, 0.2) is 22.9 Å². The molecule has 0 aromatic carbocycles. The second-order valence-electron chi connectivity index (χ2n) is 5.97. The summed E-state index contributed by atoms with van der Waals surface area (Å²) in [6, 6.07) is 3.22. The predicted octanol–water partition coefficient (Wildman–Crippen LogP) is 1.78. The van der Waals surface area contributed by atoms with Gasteiger partial charge in [-0.05, 0) is 18.6 Å². The third kappa shape index (κ3) is 3.71. The van der Waals surface area contributed by atoms with E-state index in [9.17, 15) is 9.59 Å². The molecule has 0 unspecified atom stereocenters. The molecular formula is C17H19ClN4O4. The molecule has 1 aliphatic heterocycles. The number of nitrogens with zero attached hydrogens (tertiary/aromatic N) is 4. The van der Waals surface area contributed by atoms with Gasteiger partial charge in [0.2, 0.25) is 5.76 Å². The number of aromatic nitrogens is 2. The third-order valence-corrected chi connectivity index (χ3v) is 4.67. The fourth-order valence-electron chi connectivity index (χ4n) is 2.77. The van der Waals surface area contributed by atoms with Crippen LogP contribution in [0.2, 0.25) is 5.02 Å². The van der Waals surface area contributed by atoms with E-state index in [2.05, 4.69) is 10.1 Å². The SMILES string of the molecule is COCc1cc(C(=O)N2CCN(C(=O)c3nccc(Cl)c3C)CC2)on1. The highest BCUT2D eigenvalue weighted by atomic mass is 35.5. The van der Waals surface area contributed by atoms with Crippen molar-refractivity contribution in [1.82, 2.24) is 19.9 Å². The van der Waals surface area contributed by atoms with E-state index in [-0.39, 0.29) is 24.2 Å². The van der Waals surface area contributed by atoms with Crippen molar-refractivity contribution in [3.63, 3.8) is 0 Å². The number of halogens is 1. The van der Waals surface area contributed by atoms with Gasteiger partial charge in [0.05, 0.1) is 6.61 Å². The maximum Gasteiger partial charge on any atom is 0.292 e.